The van der Waals surface area contributed by atoms with Crippen LogP contribution in [0.4, 0.5) is 0 Å². The first kappa shape index (κ1) is 14.9. The van der Waals surface area contributed by atoms with Gasteiger partial charge in [-0.1, -0.05) is 20.3 Å². The van der Waals surface area contributed by atoms with Crippen molar-refractivity contribution in [1.29, 1.82) is 0 Å². The molecule has 4 nitrogen and oxygen atoms in total. The first-order valence-electron chi connectivity index (χ1n) is 5.95. The van der Waals surface area contributed by atoms with E-state index in [9.17, 15) is 9.59 Å². The van der Waals surface area contributed by atoms with E-state index in [-0.39, 0.29) is 18.4 Å². The third kappa shape index (κ3) is 8.26. The standard InChI is InChI=1S/C12H22O4/c1-4-6-8-15-12(14)9-10(3)16-11(13)7-5-2/h10H,4-9H2,1-3H3. The molecular formula is C12H22O4. The zero-order valence-electron chi connectivity index (χ0n) is 10.5. The molecule has 0 aliphatic carbocycles. The van der Waals surface area contributed by atoms with E-state index in [0.29, 0.717) is 13.0 Å². The number of hydrogen-bond donors (Lipinski definition) is 0. The Bertz CT molecular complexity index is 213. The van der Waals surface area contributed by atoms with Crippen molar-refractivity contribution in [2.24, 2.45) is 0 Å². The summed E-state index contributed by atoms with van der Waals surface area (Å²) in [5.41, 5.74) is 0. The molecule has 0 aliphatic heterocycles. The maximum atomic E-state index is 11.3. The molecule has 0 saturated heterocycles. The second kappa shape index (κ2) is 9.19. The molecule has 94 valence electrons. The lowest BCUT2D eigenvalue weighted by atomic mass is 10.3. The predicted molar refractivity (Wildman–Crippen MR) is 60.9 cm³/mol. The Kier molecular flexibility index (Phi) is 8.58. The van der Waals surface area contributed by atoms with Gasteiger partial charge in [-0.3, -0.25) is 9.59 Å². The van der Waals surface area contributed by atoms with Crippen molar-refractivity contribution >= 4 is 11.9 Å². The maximum absolute atomic E-state index is 11.3. The van der Waals surface area contributed by atoms with Crippen molar-refractivity contribution in [3.05, 3.63) is 0 Å². The van der Waals surface area contributed by atoms with Gasteiger partial charge in [-0.25, -0.2) is 0 Å². The highest BCUT2D eigenvalue weighted by atomic mass is 16.6. The molecular weight excluding hydrogens is 208 g/mol. The van der Waals surface area contributed by atoms with Crippen molar-refractivity contribution in [2.75, 3.05) is 6.61 Å². The molecule has 0 spiro atoms. The van der Waals surface area contributed by atoms with Crippen LogP contribution >= 0.6 is 0 Å². The largest absolute Gasteiger partial charge is 0.466 e. The van der Waals surface area contributed by atoms with Crippen LogP contribution in [-0.4, -0.2) is 24.6 Å². The van der Waals surface area contributed by atoms with Gasteiger partial charge >= 0.3 is 11.9 Å². The van der Waals surface area contributed by atoms with Crippen LogP contribution in [0, 0.1) is 0 Å². The molecule has 0 radical (unpaired) electrons. The van der Waals surface area contributed by atoms with Crippen LogP contribution in [0.2, 0.25) is 0 Å². The lowest BCUT2D eigenvalue weighted by Crippen LogP contribution is -2.20. The lowest BCUT2D eigenvalue weighted by Gasteiger charge is -2.12. The minimum Gasteiger partial charge on any atom is -0.466 e. The Morgan fingerprint density at radius 3 is 2.38 bits per heavy atom. The molecule has 0 aliphatic rings. The molecule has 0 heterocycles. The van der Waals surface area contributed by atoms with Gasteiger partial charge in [0.1, 0.15) is 6.10 Å². The van der Waals surface area contributed by atoms with Gasteiger partial charge in [-0.15, -0.1) is 0 Å². The van der Waals surface area contributed by atoms with E-state index in [2.05, 4.69) is 0 Å². The molecule has 0 aromatic heterocycles. The first-order valence-corrected chi connectivity index (χ1v) is 5.95. The lowest BCUT2D eigenvalue weighted by molar-refractivity contribution is -0.154. The van der Waals surface area contributed by atoms with Gasteiger partial charge < -0.3 is 9.47 Å². The summed E-state index contributed by atoms with van der Waals surface area (Å²) in [7, 11) is 0. The normalized spacial score (nSPS) is 11.9. The van der Waals surface area contributed by atoms with Gasteiger partial charge in [0.15, 0.2) is 0 Å². The SMILES string of the molecule is CCCCOC(=O)CC(C)OC(=O)CCC. The van der Waals surface area contributed by atoms with E-state index in [1.54, 1.807) is 6.92 Å². The molecule has 0 N–H and O–H groups in total. The highest BCUT2D eigenvalue weighted by Crippen LogP contribution is 2.03. The topological polar surface area (TPSA) is 52.6 Å². The van der Waals surface area contributed by atoms with Crippen LogP contribution in [-0.2, 0) is 19.1 Å². The zero-order chi connectivity index (χ0) is 12.4. The smallest absolute Gasteiger partial charge is 0.309 e. The van der Waals surface area contributed by atoms with E-state index in [1.807, 2.05) is 13.8 Å². The molecule has 0 bridgehead atoms. The Morgan fingerprint density at radius 1 is 1.12 bits per heavy atom. The van der Waals surface area contributed by atoms with E-state index in [0.717, 1.165) is 19.3 Å². The van der Waals surface area contributed by atoms with Gasteiger partial charge in [-0.05, 0) is 19.8 Å². The third-order valence-corrected chi connectivity index (χ3v) is 2.00. The van der Waals surface area contributed by atoms with Crippen molar-refractivity contribution in [3.63, 3.8) is 0 Å². The number of rotatable bonds is 8. The van der Waals surface area contributed by atoms with E-state index in [4.69, 9.17) is 9.47 Å². The highest BCUT2D eigenvalue weighted by molar-refractivity contribution is 5.72. The Balaban J connectivity index is 3.65. The number of esters is 2. The molecule has 1 unspecified atom stereocenters. The van der Waals surface area contributed by atoms with Crippen LogP contribution in [0.15, 0.2) is 0 Å². The molecule has 16 heavy (non-hydrogen) atoms. The summed E-state index contributed by atoms with van der Waals surface area (Å²) in [6, 6.07) is 0. The van der Waals surface area contributed by atoms with Gasteiger partial charge in [0.05, 0.1) is 13.0 Å². The second-order valence-electron chi connectivity index (χ2n) is 3.83. The molecule has 0 aromatic carbocycles. The van der Waals surface area contributed by atoms with E-state index < -0.39 is 6.10 Å². The monoisotopic (exact) mass is 230 g/mol. The maximum Gasteiger partial charge on any atom is 0.309 e. The molecule has 0 aromatic rings. The van der Waals surface area contributed by atoms with Crippen molar-refractivity contribution in [1.82, 2.24) is 0 Å². The highest BCUT2D eigenvalue weighted by Gasteiger charge is 2.13. The minimum atomic E-state index is -0.395. The summed E-state index contributed by atoms with van der Waals surface area (Å²) in [5, 5.41) is 0. The summed E-state index contributed by atoms with van der Waals surface area (Å²) in [4.78, 5) is 22.4. The summed E-state index contributed by atoms with van der Waals surface area (Å²) in [5.74, 6) is -0.554. The van der Waals surface area contributed by atoms with Crippen LogP contribution in [0.5, 0.6) is 0 Å². The quantitative estimate of drug-likeness (QED) is 0.475. The van der Waals surface area contributed by atoms with Crippen molar-refractivity contribution in [2.45, 2.75) is 59.0 Å². The fraction of sp³-hybridized carbons (Fsp3) is 0.833. The Hall–Kier alpha value is -1.06. The van der Waals surface area contributed by atoms with E-state index >= 15 is 0 Å². The number of ether oxygens (including phenoxy) is 2. The average molecular weight is 230 g/mol. The van der Waals surface area contributed by atoms with Crippen LogP contribution in [0.25, 0.3) is 0 Å². The number of unbranched alkanes of at least 4 members (excludes halogenated alkanes) is 1. The number of hydrogen-bond acceptors (Lipinski definition) is 4. The molecule has 0 amide bonds. The molecule has 0 fully saturated rings. The van der Waals surface area contributed by atoms with Crippen LogP contribution in [0.3, 0.4) is 0 Å². The zero-order valence-corrected chi connectivity index (χ0v) is 10.5. The Labute approximate surface area is 97.3 Å². The third-order valence-electron chi connectivity index (χ3n) is 2.00. The summed E-state index contributed by atoms with van der Waals surface area (Å²) >= 11 is 0. The first-order chi connectivity index (χ1) is 7.60. The number of carbonyl (C=O) groups excluding carboxylic acids is 2. The fourth-order valence-electron chi connectivity index (χ4n) is 1.15. The Morgan fingerprint density at radius 2 is 1.81 bits per heavy atom. The van der Waals surface area contributed by atoms with Crippen molar-refractivity contribution < 1.29 is 19.1 Å². The van der Waals surface area contributed by atoms with Gasteiger partial charge in [0, 0.05) is 6.42 Å². The number of carbonyl (C=O) groups is 2. The van der Waals surface area contributed by atoms with Gasteiger partial charge in [0.2, 0.25) is 0 Å². The van der Waals surface area contributed by atoms with Gasteiger partial charge in [0.25, 0.3) is 0 Å². The van der Waals surface area contributed by atoms with Crippen molar-refractivity contribution in [3.8, 4) is 0 Å². The molecule has 0 saturated carbocycles. The summed E-state index contributed by atoms with van der Waals surface area (Å²) in [6.45, 7) is 6.09. The second-order valence-corrected chi connectivity index (χ2v) is 3.83. The molecule has 0 rings (SSSR count). The summed E-state index contributed by atoms with van der Waals surface area (Å²) in [6.07, 6.45) is 2.76. The average Bonchev–Trinajstić information content (AvgIpc) is 2.17. The van der Waals surface area contributed by atoms with Crippen LogP contribution in [0.1, 0.15) is 52.9 Å². The van der Waals surface area contributed by atoms with Crippen LogP contribution < -0.4 is 0 Å². The minimum absolute atomic E-state index is 0.138. The van der Waals surface area contributed by atoms with Gasteiger partial charge in [-0.2, -0.15) is 0 Å². The fourth-order valence-corrected chi connectivity index (χ4v) is 1.15. The van der Waals surface area contributed by atoms with E-state index in [1.165, 1.54) is 0 Å². The molecule has 1 atom stereocenters. The summed E-state index contributed by atoms with van der Waals surface area (Å²) < 4.78 is 9.99. The molecule has 4 heteroatoms. The predicted octanol–water partition coefficient (Wildman–Crippen LogP) is 2.45.